The normalized spacial score (nSPS) is 16.7. The van der Waals surface area contributed by atoms with E-state index in [0.717, 1.165) is 10.9 Å². The van der Waals surface area contributed by atoms with Gasteiger partial charge in [0.05, 0.1) is 4.90 Å². The molecule has 1 aromatic carbocycles. The largest absolute Gasteiger partial charge is 0.341 e. The summed E-state index contributed by atoms with van der Waals surface area (Å²) in [5.74, 6) is -0.250. The maximum Gasteiger partial charge on any atom is 0.241 e. The van der Waals surface area contributed by atoms with Gasteiger partial charge in [-0.3, -0.25) is 4.79 Å². The molecule has 0 unspecified atom stereocenters. The van der Waals surface area contributed by atoms with Crippen LogP contribution in [0.2, 0.25) is 0 Å². The van der Waals surface area contributed by atoms with Crippen LogP contribution in [0.1, 0.15) is 20.3 Å². The molecule has 1 aliphatic rings. The Morgan fingerprint density at radius 1 is 1.24 bits per heavy atom. The van der Waals surface area contributed by atoms with E-state index < -0.39 is 16.1 Å². The third-order valence-electron chi connectivity index (χ3n) is 3.51. The number of rotatable bonds is 5. The Kier molecular flexibility index (Phi) is 5.06. The molecular formula is C14H19BrN2O3S. The number of carbonyl (C=O) groups excluding carboxylic acids is 1. The monoisotopic (exact) mass is 374 g/mol. The van der Waals surface area contributed by atoms with E-state index in [4.69, 9.17) is 0 Å². The Labute approximate surface area is 133 Å². The lowest BCUT2D eigenvalue weighted by molar-refractivity contribution is -0.137. The first-order valence-electron chi connectivity index (χ1n) is 6.88. The molecule has 0 spiro atoms. The first-order valence-corrected chi connectivity index (χ1v) is 9.15. The molecule has 0 aliphatic carbocycles. The Hall–Kier alpha value is -0.920. The first kappa shape index (κ1) is 16.5. The fourth-order valence-corrected chi connectivity index (χ4v) is 3.66. The fourth-order valence-electron chi connectivity index (χ4n) is 2.05. The number of likely N-dealkylation sites (tertiary alicyclic amines) is 1. The van der Waals surface area contributed by atoms with Crippen molar-refractivity contribution in [2.45, 2.75) is 31.2 Å². The number of hydrogen-bond donors (Lipinski definition) is 1. The van der Waals surface area contributed by atoms with E-state index in [1.165, 1.54) is 12.1 Å². The number of amides is 1. The molecule has 1 amide bonds. The van der Waals surface area contributed by atoms with Crippen LogP contribution in [0.4, 0.5) is 0 Å². The molecule has 116 valence electrons. The van der Waals surface area contributed by atoms with Gasteiger partial charge < -0.3 is 4.90 Å². The highest BCUT2D eigenvalue weighted by molar-refractivity contribution is 9.10. The number of nitrogens with one attached hydrogen (secondary N) is 1. The summed E-state index contributed by atoms with van der Waals surface area (Å²) in [6.45, 7) is 5.10. The summed E-state index contributed by atoms with van der Waals surface area (Å²) in [5.41, 5.74) is 0. The summed E-state index contributed by atoms with van der Waals surface area (Å²) >= 11 is 3.27. The summed E-state index contributed by atoms with van der Waals surface area (Å²) in [7, 11) is -3.70. The van der Waals surface area contributed by atoms with Crippen LogP contribution in [0.15, 0.2) is 33.6 Å². The van der Waals surface area contributed by atoms with E-state index in [1.54, 1.807) is 17.0 Å². The summed E-state index contributed by atoms with van der Waals surface area (Å²) < 4.78 is 28.1. The number of hydrogen-bond acceptors (Lipinski definition) is 3. The van der Waals surface area contributed by atoms with Crippen LogP contribution in [-0.2, 0) is 14.8 Å². The number of nitrogens with zero attached hydrogens (tertiary/aromatic N) is 1. The second-order valence-electron chi connectivity index (χ2n) is 5.48. The smallest absolute Gasteiger partial charge is 0.241 e. The zero-order chi connectivity index (χ0) is 15.6. The first-order chi connectivity index (χ1) is 9.81. The standard InChI is InChI=1S/C14H19BrN2O3S/c1-10(2)13(14(18)17-8-3-9-17)16-21(19,20)12-6-4-11(15)5-7-12/h4-7,10,13,16H,3,8-9H2,1-2H3/t13-/m0/s1. The maximum absolute atomic E-state index is 12.4. The van der Waals surface area contributed by atoms with Gasteiger partial charge in [0.25, 0.3) is 0 Å². The van der Waals surface area contributed by atoms with Crippen molar-refractivity contribution in [1.82, 2.24) is 9.62 Å². The van der Waals surface area contributed by atoms with Gasteiger partial charge in [-0.15, -0.1) is 0 Å². The molecule has 5 nitrogen and oxygen atoms in total. The lowest BCUT2D eigenvalue weighted by Gasteiger charge is -2.35. The Morgan fingerprint density at radius 3 is 2.24 bits per heavy atom. The Balaban J connectivity index is 2.19. The van der Waals surface area contributed by atoms with E-state index in [1.807, 2.05) is 13.8 Å². The van der Waals surface area contributed by atoms with Crippen molar-refractivity contribution in [3.05, 3.63) is 28.7 Å². The number of halogens is 1. The number of sulfonamides is 1. The van der Waals surface area contributed by atoms with Crippen molar-refractivity contribution < 1.29 is 13.2 Å². The minimum atomic E-state index is -3.70. The third kappa shape index (κ3) is 3.84. The van der Waals surface area contributed by atoms with Gasteiger partial charge in [0.15, 0.2) is 0 Å². The molecule has 0 bridgehead atoms. The number of carbonyl (C=O) groups is 1. The predicted molar refractivity (Wildman–Crippen MR) is 84.3 cm³/mol. The van der Waals surface area contributed by atoms with Gasteiger partial charge in [0, 0.05) is 17.6 Å². The minimum Gasteiger partial charge on any atom is -0.341 e. The molecular weight excluding hydrogens is 356 g/mol. The summed E-state index contributed by atoms with van der Waals surface area (Å²) in [5, 5.41) is 0. The topological polar surface area (TPSA) is 66.5 Å². The molecule has 1 atom stereocenters. The molecule has 1 fully saturated rings. The van der Waals surface area contributed by atoms with Crippen molar-refractivity contribution >= 4 is 31.9 Å². The van der Waals surface area contributed by atoms with E-state index in [-0.39, 0.29) is 16.7 Å². The van der Waals surface area contributed by atoms with Gasteiger partial charge in [-0.2, -0.15) is 4.72 Å². The summed E-state index contributed by atoms with van der Waals surface area (Å²) in [4.78, 5) is 14.2. The molecule has 7 heteroatoms. The Bertz CT molecular complexity index is 610. The highest BCUT2D eigenvalue weighted by Gasteiger charge is 2.33. The average molecular weight is 375 g/mol. The van der Waals surface area contributed by atoms with Gasteiger partial charge in [-0.05, 0) is 36.6 Å². The molecule has 1 heterocycles. The molecule has 2 rings (SSSR count). The lowest BCUT2D eigenvalue weighted by Crippen LogP contribution is -2.54. The van der Waals surface area contributed by atoms with Crippen molar-refractivity contribution in [1.29, 1.82) is 0 Å². The van der Waals surface area contributed by atoms with Crippen LogP contribution in [0, 0.1) is 5.92 Å². The van der Waals surface area contributed by atoms with E-state index in [0.29, 0.717) is 13.1 Å². The van der Waals surface area contributed by atoms with Gasteiger partial charge in [0.1, 0.15) is 6.04 Å². The maximum atomic E-state index is 12.4. The van der Waals surface area contributed by atoms with Gasteiger partial charge in [-0.1, -0.05) is 29.8 Å². The zero-order valence-electron chi connectivity index (χ0n) is 12.0. The Morgan fingerprint density at radius 2 is 1.81 bits per heavy atom. The van der Waals surface area contributed by atoms with Crippen molar-refractivity contribution in [3.8, 4) is 0 Å². The zero-order valence-corrected chi connectivity index (χ0v) is 14.4. The third-order valence-corrected chi connectivity index (χ3v) is 5.49. The second kappa shape index (κ2) is 6.46. The fraction of sp³-hybridized carbons (Fsp3) is 0.500. The van der Waals surface area contributed by atoms with Crippen LogP contribution in [0.25, 0.3) is 0 Å². The number of benzene rings is 1. The van der Waals surface area contributed by atoms with Crippen LogP contribution in [0.3, 0.4) is 0 Å². The van der Waals surface area contributed by atoms with E-state index >= 15 is 0 Å². The van der Waals surface area contributed by atoms with E-state index in [2.05, 4.69) is 20.7 Å². The second-order valence-corrected chi connectivity index (χ2v) is 8.11. The van der Waals surface area contributed by atoms with Gasteiger partial charge in [-0.25, -0.2) is 8.42 Å². The highest BCUT2D eigenvalue weighted by atomic mass is 79.9. The quantitative estimate of drug-likeness (QED) is 0.856. The molecule has 1 aromatic rings. The molecule has 1 aliphatic heterocycles. The van der Waals surface area contributed by atoms with Crippen molar-refractivity contribution in [2.75, 3.05) is 13.1 Å². The van der Waals surface area contributed by atoms with Gasteiger partial charge in [0.2, 0.25) is 15.9 Å². The lowest BCUT2D eigenvalue weighted by atomic mass is 10.0. The predicted octanol–water partition coefficient (Wildman–Crippen LogP) is 1.98. The van der Waals surface area contributed by atoms with Crippen LogP contribution >= 0.6 is 15.9 Å². The molecule has 0 aromatic heterocycles. The van der Waals surface area contributed by atoms with Crippen molar-refractivity contribution in [3.63, 3.8) is 0 Å². The van der Waals surface area contributed by atoms with Crippen LogP contribution < -0.4 is 4.72 Å². The average Bonchev–Trinajstić information content (AvgIpc) is 2.34. The van der Waals surface area contributed by atoms with E-state index in [9.17, 15) is 13.2 Å². The molecule has 0 radical (unpaired) electrons. The molecule has 21 heavy (non-hydrogen) atoms. The SMILES string of the molecule is CC(C)[C@H](NS(=O)(=O)c1ccc(Br)cc1)C(=O)N1CCC1. The summed E-state index contributed by atoms with van der Waals surface area (Å²) in [6.07, 6.45) is 0.982. The van der Waals surface area contributed by atoms with Gasteiger partial charge >= 0.3 is 0 Å². The molecule has 1 saturated heterocycles. The van der Waals surface area contributed by atoms with Crippen LogP contribution in [0.5, 0.6) is 0 Å². The van der Waals surface area contributed by atoms with Crippen molar-refractivity contribution in [2.24, 2.45) is 5.92 Å². The minimum absolute atomic E-state index is 0.108. The summed E-state index contributed by atoms with van der Waals surface area (Å²) in [6, 6.07) is 5.63. The van der Waals surface area contributed by atoms with Crippen LogP contribution in [-0.4, -0.2) is 38.4 Å². The molecule has 0 saturated carbocycles. The molecule has 1 N–H and O–H groups in total. The highest BCUT2D eigenvalue weighted by Crippen LogP contribution is 2.18.